The van der Waals surface area contributed by atoms with Gasteiger partial charge in [-0.05, 0) is 57.0 Å². The maximum Gasteiger partial charge on any atom is 0.204 e. The highest BCUT2D eigenvalue weighted by Gasteiger charge is 2.07. The van der Waals surface area contributed by atoms with E-state index in [4.69, 9.17) is 16.3 Å². The average molecular weight is 366 g/mol. The first kappa shape index (κ1) is 14.0. The van der Waals surface area contributed by atoms with Crippen LogP contribution in [0.15, 0.2) is 46.9 Å². The number of benzene rings is 2. The summed E-state index contributed by atoms with van der Waals surface area (Å²) in [6.07, 6.45) is 0. The molecule has 0 aliphatic heterocycles. The van der Waals surface area contributed by atoms with Crippen LogP contribution < -0.4 is 4.74 Å². The van der Waals surface area contributed by atoms with E-state index >= 15 is 0 Å². The number of hydrogen-bond donors (Lipinski definition) is 1. The fourth-order valence-electron chi connectivity index (χ4n) is 1.83. The number of nitrogens with one attached hydrogen (secondary N) is 1. The Kier molecular flexibility index (Phi) is 4.17. The standard InChI is InChI=1S/C14H10BrClN4O/c15-12-7-10(14-17-19-20-18-14)4-5-13(12)21-8-9-2-1-3-11(16)6-9/h1-7H,8H2,(H,17,18,19,20). The first-order valence-corrected chi connectivity index (χ1v) is 7.30. The Bertz CT molecular complexity index is 748. The quantitative estimate of drug-likeness (QED) is 0.762. The van der Waals surface area contributed by atoms with Gasteiger partial charge in [-0.3, -0.25) is 0 Å². The maximum atomic E-state index is 5.95. The zero-order valence-corrected chi connectivity index (χ0v) is 13.1. The van der Waals surface area contributed by atoms with Gasteiger partial charge in [-0.25, -0.2) is 0 Å². The average Bonchev–Trinajstić information content (AvgIpc) is 3.00. The lowest BCUT2D eigenvalue weighted by atomic mass is 10.2. The van der Waals surface area contributed by atoms with E-state index in [1.807, 2.05) is 42.5 Å². The van der Waals surface area contributed by atoms with Crippen molar-refractivity contribution in [3.8, 4) is 17.1 Å². The van der Waals surface area contributed by atoms with Crippen LogP contribution in [0.5, 0.6) is 5.75 Å². The predicted octanol–water partition coefficient (Wildman–Crippen LogP) is 3.86. The van der Waals surface area contributed by atoms with Gasteiger partial charge in [0.1, 0.15) is 12.4 Å². The molecule has 3 rings (SSSR count). The molecule has 21 heavy (non-hydrogen) atoms. The van der Waals surface area contributed by atoms with E-state index in [2.05, 4.69) is 36.6 Å². The van der Waals surface area contributed by atoms with Crippen LogP contribution in [0.4, 0.5) is 0 Å². The van der Waals surface area contributed by atoms with E-state index in [0.29, 0.717) is 17.5 Å². The van der Waals surface area contributed by atoms with Crippen molar-refractivity contribution in [1.82, 2.24) is 20.6 Å². The molecule has 5 nitrogen and oxygen atoms in total. The molecule has 0 saturated carbocycles. The fourth-order valence-corrected chi connectivity index (χ4v) is 2.54. The molecule has 1 N–H and O–H groups in total. The van der Waals surface area contributed by atoms with Gasteiger partial charge < -0.3 is 4.74 Å². The molecular weight excluding hydrogens is 356 g/mol. The minimum atomic E-state index is 0.445. The number of aromatic nitrogens is 4. The third-order valence-corrected chi connectivity index (χ3v) is 3.67. The van der Waals surface area contributed by atoms with Crippen molar-refractivity contribution in [2.75, 3.05) is 0 Å². The van der Waals surface area contributed by atoms with Crippen molar-refractivity contribution >= 4 is 27.5 Å². The summed E-state index contributed by atoms with van der Waals surface area (Å²) in [7, 11) is 0. The first-order valence-electron chi connectivity index (χ1n) is 6.13. The van der Waals surface area contributed by atoms with Gasteiger partial charge in [0.15, 0.2) is 0 Å². The summed E-state index contributed by atoms with van der Waals surface area (Å²) in [6.45, 7) is 0.445. The van der Waals surface area contributed by atoms with E-state index in [1.54, 1.807) is 0 Å². The third-order valence-electron chi connectivity index (χ3n) is 2.82. The molecule has 0 bridgehead atoms. The molecule has 0 unspecified atom stereocenters. The van der Waals surface area contributed by atoms with Gasteiger partial charge in [0, 0.05) is 10.6 Å². The highest BCUT2D eigenvalue weighted by molar-refractivity contribution is 9.10. The normalized spacial score (nSPS) is 10.6. The summed E-state index contributed by atoms with van der Waals surface area (Å²) in [5, 5.41) is 14.5. The van der Waals surface area contributed by atoms with Gasteiger partial charge in [0.05, 0.1) is 4.47 Å². The first-order chi connectivity index (χ1) is 10.2. The molecule has 0 saturated heterocycles. The van der Waals surface area contributed by atoms with Crippen LogP contribution in [0, 0.1) is 0 Å². The highest BCUT2D eigenvalue weighted by atomic mass is 79.9. The Balaban J connectivity index is 1.74. The minimum absolute atomic E-state index is 0.445. The molecular formula is C14H10BrClN4O. The van der Waals surface area contributed by atoms with Crippen molar-refractivity contribution in [2.24, 2.45) is 0 Å². The van der Waals surface area contributed by atoms with Crippen molar-refractivity contribution < 1.29 is 4.74 Å². The van der Waals surface area contributed by atoms with E-state index < -0.39 is 0 Å². The smallest absolute Gasteiger partial charge is 0.204 e. The van der Waals surface area contributed by atoms with Gasteiger partial charge in [0.25, 0.3) is 0 Å². The fraction of sp³-hybridized carbons (Fsp3) is 0.0714. The Labute approximate surface area is 134 Å². The largest absolute Gasteiger partial charge is 0.488 e. The predicted molar refractivity (Wildman–Crippen MR) is 83.1 cm³/mol. The topological polar surface area (TPSA) is 63.7 Å². The number of nitrogens with zero attached hydrogens (tertiary/aromatic N) is 3. The van der Waals surface area contributed by atoms with Crippen LogP contribution in [0.25, 0.3) is 11.4 Å². The number of hydrogen-bond acceptors (Lipinski definition) is 4. The summed E-state index contributed by atoms with van der Waals surface area (Å²) in [5.41, 5.74) is 1.86. The molecule has 2 aromatic carbocycles. The molecule has 1 aromatic heterocycles. The molecule has 0 aliphatic rings. The Morgan fingerprint density at radius 1 is 1.19 bits per heavy atom. The molecule has 0 aliphatic carbocycles. The van der Waals surface area contributed by atoms with Crippen LogP contribution in [-0.2, 0) is 6.61 Å². The van der Waals surface area contributed by atoms with Gasteiger partial charge in [-0.15, -0.1) is 10.2 Å². The lowest BCUT2D eigenvalue weighted by molar-refractivity contribution is 0.304. The zero-order valence-electron chi connectivity index (χ0n) is 10.8. The SMILES string of the molecule is Clc1cccc(COc2ccc(-c3nn[nH]n3)cc2Br)c1. The van der Waals surface area contributed by atoms with E-state index in [1.165, 1.54) is 0 Å². The number of aromatic amines is 1. The molecule has 0 atom stereocenters. The number of H-pyrrole nitrogens is 1. The van der Waals surface area contributed by atoms with Gasteiger partial charge >= 0.3 is 0 Å². The second-order valence-corrected chi connectivity index (χ2v) is 5.59. The van der Waals surface area contributed by atoms with E-state index in [-0.39, 0.29) is 0 Å². The molecule has 3 aromatic rings. The Morgan fingerprint density at radius 3 is 2.81 bits per heavy atom. The highest BCUT2D eigenvalue weighted by Crippen LogP contribution is 2.29. The molecule has 106 valence electrons. The summed E-state index contributed by atoms with van der Waals surface area (Å²) in [5.74, 6) is 1.28. The van der Waals surface area contributed by atoms with Crippen molar-refractivity contribution in [2.45, 2.75) is 6.61 Å². The van der Waals surface area contributed by atoms with Crippen molar-refractivity contribution in [3.63, 3.8) is 0 Å². The van der Waals surface area contributed by atoms with Crippen LogP contribution >= 0.6 is 27.5 Å². The van der Waals surface area contributed by atoms with Gasteiger partial charge in [-0.1, -0.05) is 23.7 Å². The third kappa shape index (κ3) is 3.40. The lowest BCUT2D eigenvalue weighted by Gasteiger charge is -2.09. The Morgan fingerprint density at radius 2 is 2.10 bits per heavy atom. The lowest BCUT2D eigenvalue weighted by Crippen LogP contribution is -1.96. The van der Waals surface area contributed by atoms with Crippen LogP contribution in [-0.4, -0.2) is 20.6 Å². The summed E-state index contributed by atoms with van der Waals surface area (Å²) in [6, 6.07) is 13.2. The summed E-state index contributed by atoms with van der Waals surface area (Å²) >= 11 is 9.43. The Hall–Kier alpha value is -1.92. The second-order valence-electron chi connectivity index (χ2n) is 4.30. The number of halogens is 2. The van der Waals surface area contributed by atoms with Gasteiger partial charge in [-0.2, -0.15) is 5.21 Å². The molecule has 7 heteroatoms. The maximum absolute atomic E-state index is 5.95. The monoisotopic (exact) mass is 364 g/mol. The van der Waals surface area contributed by atoms with E-state index in [9.17, 15) is 0 Å². The van der Waals surface area contributed by atoms with E-state index in [0.717, 1.165) is 21.3 Å². The molecule has 0 amide bonds. The molecule has 1 heterocycles. The van der Waals surface area contributed by atoms with Crippen LogP contribution in [0.2, 0.25) is 5.02 Å². The van der Waals surface area contributed by atoms with Gasteiger partial charge in [0.2, 0.25) is 5.82 Å². The number of rotatable bonds is 4. The summed E-state index contributed by atoms with van der Waals surface area (Å²) < 4.78 is 6.61. The second kappa shape index (κ2) is 6.24. The van der Waals surface area contributed by atoms with Crippen molar-refractivity contribution in [1.29, 1.82) is 0 Å². The van der Waals surface area contributed by atoms with Crippen molar-refractivity contribution in [3.05, 3.63) is 57.5 Å². The number of ether oxygens (including phenoxy) is 1. The zero-order chi connectivity index (χ0) is 14.7. The van der Waals surface area contributed by atoms with Crippen LogP contribution in [0.3, 0.4) is 0 Å². The summed E-state index contributed by atoms with van der Waals surface area (Å²) in [4.78, 5) is 0. The molecule has 0 fully saturated rings. The minimum Gasteiger partial charge on any atom is -0.488 e. The number of tetrazole rings is 1. The van der Waals surface area contributed by atoms with Crippen LogP contribution in [0.1, 0.15) is 5.56 Å². The molecule has 0 radical (unpaired) electrons. The molecule has 0 spiro atoms.